The van der Waals surface area contributed by atoms with Gasteiger partial charge in [-0.3, -0.25) is 4.79 Å². The minimum absolute atomic E-state index is 0.191. The van der Waals surface area contributed by atoms with Crippen LogP contribution >= 0.6 is 0 Å². The SMILES string of the molecule is CCC(CN)CC(=O)N(C)CC1CCCCO1. The average Bonchev–Trinajstić information content (AvgIpc) is 2.36. The Balaban J connectivity index is 2.30. The monoisotopic (exact) mass is 242 g/mol. The first-order chi connectivity index (χ1) is 8.17. The Labute approximate surface area is 104 Å². The molecular formula is C13H26N2O2. The van der Waals surface area contributed by atoms with E-state index in [2.05, 4.69) is 6.92 Å². The first kappa shape index (κ1) is 14.5. The zero-order chi connectivity index (χ0) is 12.7. The summed E-state index contributed by atoms with van der Waals surface area (Å²) in [5.41, 5.74) is 5.62. The Hall–Kier alpha value is -0.610. The van der Waals surface area contributed by atoms with Crippen molar-refractivity contribution >= 4 is 5.91 Å². The van der Waals surface area contributed by atoms with Crippen molar-refractivity contribution in [2.24, 2.45) is 11.7 Å². The molecule has 1 fully saturated rings. The third kappa shape index (κ3) is 5.04. The second kappa shape index (κ2) is 7.67. The molecule has 1 heterocycles. The summed E-state index contributed by atoms with van der Waals surface area (Å²) in [5.74, 6) is 0.508. The van der Waals surface area contributed by atoms with Crippen LogP contribution < -0.4 is 5.73 Å². The Bertz CT molecular complexity index is 223. The molecular weight excluding hydrogens is 216 g/mol. The van der Waals surface area contributed by atoms with Gasteiger partial charge in [-0.1, -0.05) is 13.3 Å². The molecule has 1 amide bonds. The molecule has 1 rings (SSSR count). The van der Waals surface area contributed by atoms with Gasteiger partial charge in [0.25, 0.3) is 0 Å². The van der Waals surface area contributed by atoms with Crippen molar-refractivity contribution in [3.05, 3.63) is 0 Å². The molecule has 1 aliphatic heterocycles. The number of hydrogen-bond acceptors (Lipinski definition) is 3. The van der Waals surface area contributed by atoms with E-state index in [0.29, 0.717) is 18.9 Å². The average molecular weight is 242 g/mol. The lowest BCUT2D eigenvalue weighted by Gasteiger charge is -2.28. The van der Waals surface area contributed by atoms with Crippen molar-refractivity contribution in [3.63, 3.8) is 0 Å². The van der Waals surface area contributed by atoms with Gasteiger partial charge in [0.1, 0.15) is 0 Å². The number of rotatable bonds is 6. The maximum absolute atomic E-state index is 12.0. The van der Waals surface area contributed by atoms with Crippen molar-refractivity contribution in [1.82, 2.24) is 4.90 Å². The second-order valence-electron chi connectivity index (χ2n) is 4.98. The maximum atomic E-state index is 12.0. The van der Waals surface area contributed by atoms with Gasteiger partial charge in [0, 0.05) is 26.6 Å². The molecule has 0 radical (unpaired) electrons. The summed E-state index contributed by atoms with van der Waals surface area (Å²) in [5, 5.41) is 0. The quantitative estimate of drug-likeness (QED) is 0.765. The summed E-state index contributed by atoms with van der Waals surface area (Å²) >= 11 is 0. The number of nitrogens with two attached hydrogens (primary N) is 1. The van der Waals surface area contributed by atoms with Crippen molar-refractivity contribution < 1.29 is 9.53 Å². The number of hydrogen-bond donors (Lipinski definition) is 1. The third-order valence-corrected chi connectivity index (χ3v) is 3.55. The van der Waals surface area contributed by atoms with E-state index in [-0.39, 0.29) is 12.0 Å². The van der Waals surface area contributed by atoms with Crippen LogP contribution in [0.25, 0.3) is 0 Å². The molecule has 0 aliphatic carbocycles. The fourth-order valence-corrected chi connectivity index (χ4v) is 2.16. The highest BCUT2D eigenvalue weighted by atomic mass is 16.5. The largest absolute Gasteiger partial charge is 0.376 e. The third-order valence-electron chi connectivity index (χ3n) is 3.55. The van der Waals surface area contributed by atoms with E-state index in [1.807, 2.05) is 7.05 Å². The van der Waals surface area contributed by atoms with Crippen molar-refractivity contribution in [2.75, 3.05) is 26.7 Å². The van der Waals surface area contributed by atoms with E-state index >= 15 is 0 Å². The second-order valence-corrected chi connectivity index (χ2v) is 4.98. The maximum Gasteiger partial charge on any atom is 0.222 e. The fourth-order valence-electron chi connectivity index (χ4n) is 2.16. The molecule has 2 atom stereocenters. The molecule has 1 saturated heterocycles. The van der Waals surface area contributed by atoms with Crippen LogP contribution in [0.4, 0.5) is 0 Å². The van der Waals surface area contributed by atoms with E-state index in [1.54, 1.807) is 4.90 Å². The molecule has 4 nitrogen and oxygen atoms in total. The highest BCUT2D eigenvalue weighted by Crippen LogP contribution is 2.15. The van der Waals surface area contributed by atoms with Crippen LogP contribution in [0.3, 0.4) is 0 Å². The lowest BCUT2D eigenvalue weighted by Crippen LogP contribution is -2.38. The normalized spacial score (nSPS) is 22.2. The van der Waals surface area contributed by atoms with Gasteiger partial charge in [0.15, 0.2) is 0 Å². The van der Waals surface area contributed by atoms with Crippen LogP contribution in [0.2, 0.25) is 0 Å². The lowest BCUT2D eigenvalue weighted by atomic mass is 10.0. The minimum Gasteiger partial charge on any atom is -0.376 e. The summed E-state index contributed by atoms with van der Waals surface area (Å²) in [7, 11) is 1.86. The van der Waals surface area contributed by atoms with Gasteiger partial charge in [0.2, 0.25) is 5.91 Å². The first-order valence-electron chi connectivity index (χ1n) is 6.73. The molecule has 2 N–H and O–H groups in total. The van der Waals surface area contributed by atoms with Crippen molar-refractivity contribution in [3.8, 4) is 0 Å². The zero-order valence-electron chi connectivity index (χ0n) is 11.2. The molecule has 0 aromatic heterocycles. The molecule has 1 aliphatic rings. The first-order valence-corrected chi connectivity index (χ1v) is 6.73. The number of likely N-dealkylation sites (N-methyl/N-ethyl adjacent to an activating group) is 1. The molecule has 4 heteroatoms. The summed E-state index contributed by atoms with van der Waals surface area (Å²) in [6.45, 7) is 4.23. The van der Waals surface area contributed by atoms with Crippen LogP contribution in [0.5, 0.6) is 0 Å². The van der Waals surface area contributed by atoms with E-state index in [0.717, 1.165) is 32.4 Å². The molecule has 100 valence electrons. The van der Waals surface area contributed by atoms with Crippen molar-refractivity contribution in [1.29, 1.82) is 0 Å². The topological polar surface area (TPSA) is 55.6 Å². The van der Waals surface area contributed by atoms with Crippen LogP contribution in [0.15, 0.2) is 0 Å². The van der Waals surface area contributed by atoms with Gasteiger partial charge in [-0.15, -0.1) is 0 Å². The van der Waals surface area contributed by atoms with Gasteiger partial charge >= 0.3 is 0 Å². The molecule has 2 unspecified atom stereocenters. The standard InChI is InChI=1S/C13H26N2O2/c1-3-11(9-14)8-13(16)15(2)10-12-6-4-5-7-17-12/h11-12H,3-10,14H2,1-2H3. The smallest absolute Gasteiger partial charge is 0.222 e. The Morgan fingerprint density at radius 1 is 1.53 bits per heavy atom. The minimum atomic E-state index is 0.191. The summed E-state index contributed by atoms with van der Waals surface area (Å²) in [6.07, 6.45) is 5.21. The Kier molecular flexibility index (Phi) is 6.52. The van der Waals surface area contributed by atoms with Gasteiger partial charge in [-0.25, -0.2) is 0 Å². The summed E-state index contributed by atoms with van der Waals surface area (Å²) < 4.78 is 5.64. The highest BCUT2D eigenvalue weighted by Gasteiger charge is 2.20. The number of nitrogens with zero attached hydrogens (tertiary/aromatic N) is 1. The van der Waals surface area contributed by atoms with E-state index in [4.69, 9.17) is 10.5 Å². The van der Waals surface area contributed by atoms with Crippen LogP contribution in [-0.4, -0.2) is 43.7 Å². The molecule has 0 aromatic rings. The van der Waals surface area contributed by atoms with Crippen LogP contribution in [0, 0.1) is 5.92 Å². The summed E-state index contributed by atoms with van der Waals surface area (Å²) in [6, 6.07) is 0. The predicted molar refractivity (Wildman–Crippen MR) is 68.7 cm³/mol. The van der Waals surface area contributed by atoms with Crippen molar-refractivity contribution in [2.45, 2.75) is 45.1 Å². The number of ether oxygens (including phenoxy) is 1. The van der Waals surface area contributed by atoms with Gasteiger partial charge in [-0.05, 0) is 31.7 Å². The fraction of sp³-hybridized carbons (Fsp3) is 0.923. The van der Waals surface area contributed by atoms with Crippen LogP contribution in [-0.2, 0) is 9.53 Å². The van der Waals surface area contributed by atoms with E-state index in [9.17, 15) is 4.79 Å². The number of carbonyl (C=O) groups excluding carboxylic acids is 1. The molecule has 17 heavy (non-hydrogen) atoms. The van der Waals surface area contributed by atoms with E-state index < -0.39 is 0 Å². The van der Waals surface area contributed by atoms with Gasteiger partial charge in [-0.2, -0.15) is 0 Å². The molecule has 0 bridgehead atoms. The van der Waals surface area contributed by atoms with Crippen LogP contribution in [0.1, 0.15) is 39.0 Å². The summed E-state index contributed by atoms with van der Waals surface area (Å²) in [4.78, 5) is 13.8. The molecule has 0 saturated carbocycles. The lowest BCUT2D eigenvalue weighted by molar-refractivity contribution is -0.133. The molecule has 0 aromatic carbocycles. The van der Waals surface area contributed by atoms with E-state index in [1.165, 1.54) is 6.42 Å². The Morgan fingerprint density at radius 2 is 2.29 bits per heavy atom. The Morgan fingerprint density at radius 3 is 2.82 bits per heavy atom. The van der Waals surface area contributed by atoms with Gasteiger partial charge in [0.05, 0.1) is 6.10 Å². The molecule has 0 spiro atoms. The van der Waals surface area contributed by atoms with Gasteiger partial charge < -0.3 is 15.4 Å². The highest BCUT2D eigenvalue weighted by molar-refractivity contribution is 5.76. The number of amides is 1. The predicted octanol–water partition coefficient (Wildman–Crippen LogP) is 1.39. The number of carbonyl (C=O) groups is 1. The zero-order valence-corrected chi connectivity index (χ0v) is 11.2.